The summed E-state index contributed by atoms with van der Waals surface area (Å²) in [6.45, 7) is 0.490. The van der Waals surface area contributed by atoms with E-state index in [9.17, 15) is 9.59 Å². The number of benzene rings is 2. The molecule has 0 saturated heterocycles. The third-order valence-corrected chi connectivity index (χ3v) is 2.25. The summed E-state index contributed by atoms with van der Waals surface area (Å²) in [5, 5.41) is 0. The molecule has 2 aromatic carbocycles. The first kappa shape index (κ1) is 12.6. The minimum Gasteiger partial charge on any atom is -0.453 e. The Kier molecular flexibility index (Phi) is 4.12. The SMILES string of the molecule is O=COc1cccc(Oc2ccccc2)c1OC=O. The minimum absolute atomic E-state index is 0.0495. The molecule has 5 heteroatoms. The molecule has 19 heavy (non-hydrogen) atoms. The molecule has 0 atom stereocenters. The van der Waals surface area contributed by atoms with E-state index in [1.807, 2.05) is 6.07 Å². The van der Waals surface area contributed by atoms with Crippen molar-refractivity contribution in [2.75, 3.05) is 0 Å². The fraction of sp³-hybridized carbons (Fsp3) is 0. The highest BCUT2D eigenvalue weighted by Gasteiger charge is 2.13. The fourth-order valence-corrected chi connectivity index (χ4v) is 1.50. The zero-order valence-electron chi connectivity index (χ0n) is 9.81. The molecule has 2 aromatic rings. The lowest BCUT2D eigenvalue weighted by Crippen LogP contribution is -1.98. The quantitative estimate of drug-likeness (QED) is 0.745. The van der Waals surface area contributed by atoms with Crippen LogP contribution in [0.3, 0.4) is 0 Å². The smallest absolute Gasteiger partial charge is 0.298 e. The third kappa shape index (κ3) is 3.10. The second-order valence-corrected chi connectivity index (χ2v) is 3.43. The Labute approximate surface area is 109 Å². The van der Waals surface area contributed by atoms with Crippen molar-refractivity contribution < 1.29 is 23.8 Å². The van der Waals surface area contributed by atoms with Crippen LogP contribution in [0.4, 0.5) is 0 Å². The molecule has 0 radical (unpaired) electrons. The van der Waals surface area contributed by atoms with Crippen LogP contribution in [0.2, 0.25) is 0 Å². The first-order valence-electron chi connectivity index (χ1n) is 5.41. The Hall–Kier alpha value is -2.82. The summed E-state index contributed by atoms with van der Waals surface area (Å²) in [7, 11) is 0. The van der Waals surface area contributed by atoms with Gasteiger partial charge in [-0.25, -0.2) is 0 Å². The highest BCUT2D eigenvalue weighted by Crippen LogP contribution is 2.38. The molecule has 0 aliphatic heterocycles. The molecule has 0 aliphatic carbocycles. The van der Waals surface area contributed by atoms with Gasteiger partial charge >= 0.3 is 0 Å². The molecule has 0 unspecified atom stereocenters. The molecule has 96 valence electrons. The van der Waals surface area contributed by atoms with Crippen LogP contribution in [0.15, 0.2) is 48.5 Å². The average molecular weight is 258 g/mol. The average Bonchev–Trinajstić information content (AvgIpc) is 2.44. The van der Waals surface area contributed by atoms with Crippen molar-refractivity contribution in [1.29, 1.82) is 0 Å². The second-order valence-electron chi connectivity index (χ2n) is 3.43. The van der Waals surface area contributed by atoms with Gasteiger partial charge < -0.3 is 14.2 Å². The summed E-state index contributed by atoms with van der Waals surface area (Å²) in [6.07, 6.45) is 0. The van der Waals surface area contributed by atoms with Crippen LogP contribution < -0.4 is 14.2 Å². The summed E-state index contributed by atoms with van der Waals surface area (Å²) >= 11 is 0. The monoisotopic (exact) mass is 258 g/mol. The van der Waals surface area contributed by atoms with Crippen molar-refractivity contribution >= 4 is 12.9 Å². The van der Waals surface area contributed by atoms with E-state index in [-0.39, 0.29) is 30.2 Å². The Bertz CT molecular complexity index is 565. The Morgan fingerprint density at radius 2 is 1.42 bits per heavy atom. The van der Waals surface area contributed by atoms with Gasteiger partial charge in [-0.05, 0) is 24.3 Å². The van der Waals surface area contributed by atoms with Gasteiger partial charge in [-0.2, -0.15) is 0 Å². The van der Waals surface area contributed by atoms with Crippen molar-refractivity contribution in [3.8, 4) is 23.0 Å². The largest absolute Gasteiger partial charge is 0.453 e. The van der Waals surface area contributed by atoms with Crippen molar-refractivity contribution in [2.24, 2.45) is 0 Å². The fourth-order valence-electron chi connectivity index (χ4n) is 1.50. The number of carbonyl (C=O) groups is 2. The maximum absolute atomic E-state index is 10.5. The summed E-state index contributed by atoms with van der Waals surface area (Å²) < 4.78 is 15.1. The van der Waals surface area contributed by atoms with Crippen molar-refractivity contribution in [3.05, 3.63) is 48.5 Å². The number of hydrogen-bond acceptors (Lipinski definition) is 5. The molecule has 5 nitrogen and oxygen atoms in total. The number of hydrogen-bond donors (Lipinski definition) is 0. The van der Waals surface area contributed by atoms with E-state index in [0.29, 0.717) is 5.75 Å². The first-order valence-corrected chi connectivity index (χ1v) is 5.41. The Balaban J connectivity index is 2.35. The zero-order valence-corrected chi connectivity index (χ0v) is 9.81. The molecule has 0 heterocycles. The van der Waals surface area contributed by atoms with Gasteiger partial charge in [0.15, 0.2) is 11.5 Å². The predicted octanol–water partition coefficient (Wildman–Crippen LogP) is 2.55. The van der Waals surface area contributed by atoms with Crippen molar-refractivity contribution in [2.45, 2.75) is 0 Å². The number of ether oxygens (including phenoxy) is 3. The second kappa shape index (κ2) is 6.20. The van der Waals surface area contributed by atoms with E-state index in [1.54, 1.807) is 36.4 Å². The lowest BCUT2D eigenvalue weighted by Gasteiger charge is -2.11. The third-order valence-electron chi connectivity index (χ3n) is 2.25. The van der Waals surface area contributed by atoms with E-state index in [2.05, 4.69) is 0 Å². The lowest BCUT2D eigenvalue weighted by molar-refractivity contribution is -0.123. The molecular formula is C14H10O5. The van der Waals surface area contributed by atoms with Gasteiger partial charge in [-0.15, -0.1) is 0 Å². The van der Waals surface area contributed by atoms with Crippen LogP contribution in [-0.4, -0.2) is 12.9 Å². The van der Waals surface area contributed by atoms with Crippen LogP contribution in [0.5, 0.6) is 23.0 Å². The van der Waals surface area contributed by atoms with Gasteiger partial charge in [-0.3, -0.25) is 9.59 Å². The van der Waals surface area contributed by atoms with Crippen molar-refractivity contribution in [3.63, 3.8) is 0 Å². The molecule has 0 saturated carbocycles. The predicted molar refractivity (Wildman–Crippen MR) is 66.3 cm³/mol. The summed E-state index contributed by atoms with van der Waals surface area (Å²) in [5.74, 6) is 1.00. The number of rotatable bonds is 6. The van der Waals surface area contributed by atoms with Crippen LogP contribution in [0, 0.1) is 0 Å². The van der Waals surface area contributed by atoms with Crippen LogP contribution in [0.25, 0.3) is 0 Å². The van der Waals surface area contributed by atoms with Gasteiger partial charge in [0.05, 0.1) is 0 Å². The van der Waals surface area contributed by atoms with Crippen molar-refractivity contribution in [1.82, 2.24) is 0 Å². The standard InChI is InChI=1S/C14H10O5/c15-9-17-12-7-4-8-13(14(12)18-10-16)19-11-5-2-1-3-6-11/h1-10H. The van der Waals surface area contributed by atoms with Gasteiger partial charge in [-0.1, -0.05) is 24.3 Å². The molecule has 0 aromatic heterocycles. The molecule has 0 spiro atoms. The summed E-state index contributed by atoms with van der Waals surface area (Å²) in [4.78, 5) is 20.9. The highest BCUT2D eigenvalue weighted by molar-refractivity contribution is 5.61. The minimum atomic E-state index is 0.0495. The Morgan fingerprint density at radius 1 is 0.737 bits per heavy atom. The molecule has 0 bridgehead atoms. The van der Waals surface area contributed by atoms with E-state index in [0.717, 1.165) is 0 Å². The maximum Gasteiger partial charge on any atom is 0.298 e. The van der Waals surface area contributed by atoms with Gasteiger partial charge in [0.1, 0.15) is 5.75 Å². The maximum atomic E-state index is 10.5. The van der Waals surface area contributed by atoms with Gasteiger partial charge in [0, 0.05) is 0 Å². The normalized spacial score (nSPS) is 9.47. The first-order chi connectivity index (χ1) is 9.35. The van der Waals surface area contributed by atoms with Crippen LogP contribution in [0.1, 0.15) is 0 Å². The molecule has 0 N–H and O–H groups in total. The van der Waals surface area contributed by atoms with E-state index in [4.69, 9.17) is 14.2 Å². The topological polar surface area (TPSA) is 61.8 Å². The highest BCUT2D eigenvalue weighted by atomic mass is 16.6. The summed E-state index contributed by atoms with van der Waals surface area (Å²) in [6, 6.07) is 13.7. The van der Waals surface area contributed by atoms with Crippen LogP contribution in [-0.2, 0) is 9.59 Å². The molecule has 0 fully saturated rings. The van der Waals surface area contributed by atoms with Crippen LogP contribution >= 0.6 is 0 Å². The number of para-hydroxylation sites is 2. The van der Waals surface area contributed by atoms with E-state index < -0.39 is 0 Å². The van der Waals surface area contributed by atoms with Gasteiger partial charge in [0.2, 0.25) is 5.75 Å². The number of carbonyl (C=O) groups excluding carboxylic acids is 2. The van der Waals surface area contributed by atoms with E-state index >= 15 is 0 Å². The zero-order chi connectivity index (χ0) is 13.5. The Morgan fingerprint density at radius 3 is 2.11 bits per heavy atom. The summed E-state index contributed by atoms with van der Waals surface area (Å²) in [5.41, 5.74) is 0. The molecular weight excluding hydrogens is 248 g/mol. The van der Waals surface area contributed by atoms with E-state index in [1.165, 1.54) is 6.07 Å². The molecule has 0 amide bonds. The van der Waals surface area contributed by atoms with Gasteiger partial charge in [0.25, 0.3) is 12.9 Å². The lowest BCUT2D eigenvalue weighted by atomic mass is 10.3. The molecule has 2 rings (SSSR count). The molecule has 0 aliphatic rings.